The van der Waals surface area contributed by atoms with E-state index < -0.39 is 0 Å². The van der Waals surface area contributed by atoms with E-state index in [0.717, 1.165) is 19.5 Å². The summed E-state index contributed by atoms with van der Waals surface area (Å²) in [6.45, 7) is 12.4. The number of hydrogen-bond donors (Lipinski definition) is 1. The third-order valence-electron chi connectivity index (χ3n) is 5.22. The highest BCUT2D eigenvalue weighted by Gasteiger charge is 2.51. The van der Waals surface area contributed by atoms with Crippen LogP contribution in [0.25, 0.3) is 0 Å². The number of nitrogens with zero attached hydrogens (tertiary/aromatic N) is 2. The number of piperazine rings is 1. The molecule has 0 spiro atoms. The molecule has 20 heavy (non-hydrogen) atoms. The zero-order valence-electron chi connectivity index (χ0n) is 14.4. The average molecular weight is 283 g/mol. The van der Waals surface area contributed by atoms with Crippen molar-refractivity contribution in [2.75, 3.05) is 40.8 Å². The van der Waals surface area contributed by atoms with Crippen LogP contribution in [0.1, 0.15) is 34.1 Å². The van der Waals surface area contributed by atoms with E-state index in [0.29, 0.717) is 18.0 Å². The molecule has 4 heteroatoms. The fourth-order valence-corrected chi connectivity index (χ4v) is 4.26. The minimum Gasteiger partial charge on any atom is -0.369 e. The summed E-state index contributed by atoms with van der Waals surface area (Å²) >= 11 is 0. The Hall–Kier alpha value is -0.160. The zero-order chi connectivity index (χ0) is 15.1. The second-order valence-electron chi connectivity index (χ2n) is 7.90. The summed E-state index contributed by atoms with van der Waals surface area (Å²) in [5.41, 5.74) is -0.0730. The van der Waals surface area contributed by atoms with Gasteiger partial charge in [0.05, 0.1) is 11.2 Å². The Bertz CT molecular complexity index is 343. The maximum atomic E-state index is 6.31. The van der Waals surface area contributed by atoms with Crippen molar-refractivity contribution in [3.8, 4) is 0 Å². The Kier molecular flexibility index (Phi) is 4.51. The monoisotopic (exact) mass is 283 g/mol. The molecule has 2 aliphatic heterocycles. The van der Waals surface area contributed by atoms with Crippen LogP contribution in [0.3, 0.4) is 0 Å². The highest BCUT2D eigenvalue weighted by atomic mass is 16.5. The van der Waals surface area contributed by atoms with E-state index in [1.807, 2.05) is 0 Å². The van der Waals surface area contributed by atoms with Crippen LogP contribution < -0.4 is 5.32 Å². The van der Waals surface area contributed by atoms with Crippen molar-refractivity contribution >= 4 is 0 Å². The van der Waals surface area contributed by atoms with Crippen molar-refractivity contribution in [3.05, 3.63) is 0 Å². The van der Waals surface area contributed by atoms with Gasteiger partial charge in [0.25, 0.3) is 0 Å². The van der Waals surface area contributed by atoms with Crippen molar-refractivity contribution < 1.29 is 4.74 Å². The van der Waals surface area contributed by atoms with Crippen LogP contribution in [0.15, 0.2) is 0 Å². The minimum atomic E-state index is -0.0615. The van der Waals surface area contributed by atoms with Gasteiger partial charge in [-0.25, -0.2) is 0 Å². The van der Waals surface area contributed by atoms with E-state index in [2.05, 4.69) is 64.0 Å². The third kappa shape index (κ3) is 3.19. The Morgan fingerprint density at radius 3 is 2.30 bits per heavy atom. The van der Waals surface area contributed by atoms with E-state index in [9.17, 15) is 0 Å². The number of rotatable bonds is 3. The molecule has 0 radical (unpaired) electrons. The molecular formula is C16H33N3O. The van der Waals surface area contributed by atoms with Crippen LogP contribution in [-0.2, 0) is 4.74 Å². The Morgan fingerprint density at radius 1 is 1.15 bits per heavy atom. The number of nitrogens with one attached hydrogen (secondary N) is 1. The minimum absolute atomic E-state index is 0.0115. The zero-order valence-corrected chi connectivity index (χ0v) is 14.4. The molecule has 4 nitrogen and oxygen atoms in total. The lowest BCUT2D eigenvalue weighted by Gasteiger charge is -2.45. The van der Waals surface area contributed by atoms with Crippen molar-refractivity contribution in [1.29, 1.82) is 0 Å². The predicted octanol–water partition coefficient (Wildman–Crippen LogP) is 1.41. The van der Waals surface area contributed by atoms with Crippen LogP contribution in [0, 0.1) is 5.92 Å². The molecule has 2 saturated heterocycles. The van der Waals surface area contributed by atoms with Gasteiger partial charge in [0.2, 0.25) is 0 Å². The van der Waals surface area contributed by atoms with E-state index in [1.165, 1.54) is 6.54 Å². The summed E-state index contributed by atoms with van der Waals surface area (Å²) < 4.78 is 6.31. The van der Waals surface area contributed by atoms with Crippen molar-refractivity contribution in [2.45, 2.75) is 57.4 Å². The maximum absolute atomic E-state index is 6.31. The molecule has 2 rings (SSSR count). The highest BCUT2D eigenvalue weighted by Crippen LogP contribution is 2.44. The molecule has 2 aliphatic rings. The van der Waals surface area contributed by atoms with Gasteiger partial charge in [0.15, 0.2) is 0 Å². The summed E-state index contributed by atoms with van der Waals surface area (Å²) in [4.78, 5) is 4.96. The first-order chi connectivity index (χ1) is 9.16. The lowest BCUT2D eigenvalue weighted by atomic mass is 9.78. The Balaban J connectivity index is 2.19. The standard InChI is InChI=1S/C16H33N3O/c1-15(2)10-12(16(3,4)20-15)14(17-5)13-11-18(6)8-9-19(13)7/h12-14,17H,8-11H2,1-7H3. The van der Waals surface area contributed by atoms with Crippen LogP contribution in [-0.4, -0.2) is 73.9 Å². The second kappa shape index (κ2) is 5.56. The van der Waals surface area contributed by atoms with Gasteiger partial charge in [-0.2, -0.15) is 0 Å². The average Bonchev–Trinajstić information content (AvgIpc) is 2.53. The summed E-state index contributed by atoms with van der Waals surface area (Å²) in [6, 6.07) is 1.03. The smallest absolute Gasteiger partial charge is 0.0678 e. The maximum Gasteiger partial charge on any atom is 0.0678 e. The molecule has 0 saturated carbocycles. The first kappa shape index (κ1) is 16.2. The highest BCUT2D eigenvalue weighted by molar-refractivity contribution is 5.04. The van der Waals surface area contributed by atoms with Gasteiger partial charge in [-0.15, -0.1) is 0 Å². The predicted molar refractivity (Wildman–Crippen MR) is 84.1 cm³/mol. The van der Waals surface area contributed by atoms with Crippen molar-refractivity contribution in [3.63, 3.8) is 0 Å². The molecule has 2 heterocycles. The quantitative estimate of drug-likeness (QED) is 0.848. The van der Waals surface area contributed by atoms with E-state index >= 15 is 0 Å². The first-order valence-corrected chi connectivity index (χ1v) is 7.92. The van der Waals surface area contributed by atoms with Crippen molar-refractivity contribution in [1.82, 2.24) is 15.1 Å². The molecule has 0 aromatic heterocycles. The summed E-state index contributed by atoms with van der Waals surface area (Å²) in [5.74, 6) is 0.543. The summed E-state index contributed by atoms with van der Waals surface area (Å²) in [5, 5.41) is 3.61. The topological polar surface area (TPSA) is 27.7 Å². The van der Waals surface area contributed by atoms with Crippen LogP contribution in [0.4, 0.5) is 0 Å². The molecule has 0 aromatic carbocycles. The van der Waals surface area contributed by atoms with Crippen LogP contribution in [0.2, 0.25) is 0 Å². The van der Waals surface area contributed by atoms with Gasteiger partial charge in [0.1, 0.15) is 0 Å². The number of ether oxygens (including phenoxy) is 1. The normalized spacial score (nSPS) is 36.1. The molecule has 0 aliphatic carbocycles. The molecule has 1 N–H and O–H groups in total. The van der Waals surface area contributed by atoms with Gasteiger partial charge < -0.3 is 15.0 Å². The molecule has 2 fully saturated rings. The third-order valence-corrected chi connectivity index (χ3v) is 5.22. The van der Waals surface area contributed by atoms with Gasteiger partial charge in [-0.1, -0.05) is 0 Å². The number of likely N-dealkylation sites (N-methyl/N-ethyl adjacent to an activating group) is 3. The van der Waals surface area contributed by atoms with Crippen LogP contribution >= 0.6 is 0 Å². The summed E-state index contributed by atoms with van der Waals surface area (Å²) in [6.07, 6.45) is 1.12. The fraction of sp³-hybridized carbons (Fsp3) is 1.00. The lowest BCUT2D eigenvalue weighted by Crippen LogP contribution is -2.62. The molecule has 0 bridgehead atoms. The molecule has 3 atom stereocenters. The van der Waals surface area contributed by atoms with Crippen LogP contribution in [0.5, 0.6) is 0 Å². The fourth-order valence-electron chi connectivity index (χ4n) is 4.26. The molecule has 0 aromatic rings. The number of hydrogen-bond acceptors (Lipinski definition) is 4. The lowest BCUT2D eigenvalue weighted by molar-refractivity contribution is -0.0815. The van der Waals surface area contributed by atoms with Gasteiger partial charge >= 0.3 is 0 Å². The Morgan fingerprint density at radius 2 is 1.80 bits per heavy atom. The molecule has 118 valence electrons. The largest absolute Gasteiger partial charge is 0.369 e. The van der Waals surface area contributed by atoms with Crippen molar-refractivity contribution in [2.24, 2.45) is 5.92 Å². The van der Waals surface area contributed by atoms with E-state index in [-0.39, 0.29) is 11.2 Å². The summed E-state index contributed by atoms with van der Waals surface area (Å²) in [7, 11) is 6.59. The Labute approximate surface area is 124 Å². The molecule has 0 amide bonds. The molecule has 3 unspecified atom stereocenters. The van der Waals surface area contributed by atoms with Gasteiger partial charge in [-0.05, 0) is 55.3 Å². The van der Waals surface area contributed by atoms with E-state index in [1.54, 1.807) is 0 Å². The molecular weight excluding hydrogens is 250 g/mol. The van der Waals surface area contributed by atoms with Gasteiger partial charge in [0, 0.05) is 37.6 Å². The SMILES string of the molecule is CNC(C1CN(C)CCN1C)C1CC(C)(C)OC1(C)C. The first-order valence-electron chi connectivity index (χ1n) is 7.92. The van der Waals surface area contributed by atoms with Gasteiger partial charge in [-0.3, -0.25) is 4.90 Å². The van der Waals surface area contributed by atoms with E-state index in [4.69, 9.17) is 4.74 Å². The second-order valence-corrected chi connectivity index (χ2v) is 7.90.